The van der Waals surface area contributed by atoms with E-state index in [9.17, 15) is 9.90 Å². The number of aliphatic hydroxyl groups is 1. The summed E-state index contributed by atoms with van der Waals surface area (Å²) in [4.78, 5) is 19.8. The molecule has 0 saturated carbocycles. The third-order valence-corrected chi connectivity index (χ3v) is 5.27. The molecule has 1 N–H and O–H groups in total. The van der Waals surface area contributed by atoms with Crippen LogP contribution in [0.15, 0.2) is 24.3 Å². The number of carbonyl (C=O) groups is 1. The normalized spacial score (nSPS) is 26.7. The zero-order valence-corrected chi connectivity index (χ0v) is 13.6. The van der Waals surface area contributed by atoms with Crippen LogP contribution in [0.5, 0.6) is 0 Å². The Bertz CT molecular complexity index is 767. The molecule has 0 spiro atoms. The number of amides is 1. The first kappa shape index (κ1) is 14.6. The van der Waals surface area contributed by atoms with Crippen LogP contribution in [0.1, 0.15) is 47.3 Å². The van der Waals surface area contributed by atoms with E-state index in [1.54, 1.807) is 0 Å². The highest BCUT2D eigenvalue weighted by Crippen LogP contribution is 2.37. The van der Waals surface area contributed by atoms with Gasteiger partial charge in [-0.05, 0) is 57.2 Å². The molecule has 1 unspecified atom stereocenters. The molecule has 2 aliphatic rings. The molecular formula is C19H22N2O2. The van der Waals surface area contributed by atoms with Gasteiger partial charge in [0.05, 0.1) is 17.2 Å². The molecule has 4 rings (SSSR count). The number of hydrogen-bond donors (Lipinski definition) is 1. The fraction of sp³-hybridized carbons (Fsp3) is 0.474. The summed E-state index contributed by atoms with van der Waals surface area (Å²) in [6.07, 6.45) is 3.19. The van der Waals surface area contributed by atoms with Crippen LogP contribution in [-0.4, -0.2) is 39.1 Å². The SMILES string of the molecule is Cc1ccc2c(C(=O)N3[C@@H]4CC[C@H]3CC(O)C4)cc(C)nc2c1. The van der Waals surface area contributed by atoms with Gasteiger partial charge in [0.2, 0.25) is 0 Å². The van der Waals surface area contributed by atoms with Crippen molar-refractivity contribution in [2.45, 2.75) is 57.7 Å². The molecule has 2 fully saturated rings. The number of nitrogens with zero attached hydrogens (tertiary/aromatic N) is 2. The highest BCUT2D eigenvalue weighted by atomic mass is 16.3. The van der Waals surface area contributed by atoms with Crippen LogP contribution in [0.4, 0.5) is 0 Å². The summed E-state index contributed by atoms with van der Waals surface area (Å²) in [5, 5.41) is 10.9. The van der Waals surface area contributed by atoms with Crippen LogP contribution in [-0.2, 0) is 0 Å². The summed E-state index contributed by atoms with van der Waals surface area (Å²) in [5.41, 5.74) is 3.66. The van der Waals surface area contributed by atoms with Gasteiger partial charge in [-0.3, -0.25) is 9.78 Å². The minimum absolute atomic E-state index is 0.101. The van der Waals surface area contributed by atoms with E-state index in [0.29, 0.717) is 12.8 Å². The molecule has 120 valence electrons. The molecule has 0 aliphatic carbocycles. The largest absolute Gasteiger partial charge is 0.393 e. The topological polar surface area (TPSA) is 53.4 Å². The van der Waals surface area contributed by atoms with Crippen molar-refractivity contribution in [3.05, 3.63) is 41.1 Å². The van der Waals surface area contributed by atoms with Crippen LogP contribution in [0.2, 0.25) is 0 Å². The first-order chi connectivity index (χ1) is 11.0. The average molecular weight is 310 g/mol. The summed E-state index contributed by atoms with van der Waals surface area (Å²) in [7, 11) is 0. The zero-order valence-electron chi connectivity index (χ0n) is 13.6. The fourth-order valence-electron chi connectivity index (χ4n) is 4.27. The lowest BCUT2D eigenvalue weighted by Crippen LogP contribution is -2.48. The maximum Gasteiger partial charge on any atom is 0.255 e. The molecule has 0 radical (unpaired) electrons. The smallest absolute Gasteiger partial charge is 0.255 e. The van der Waals surface area contributed by atoms with Crippen molar-refractivity contribution in [2.24, 2.45) is 0 Å². The summed E-state index contributed by atoms with van der Waals surface area (Å²) in [6, 6.07) is 8.35. The van der Waals surface area contributed by atoms with Gasteiger partial charge in [-0.1, -0.05) is 12.1 Å². The van der Waals surface area contributed by atoms with Gasteiger partial charge < -0.3 is 10.0 Å². The summed E-state index contributed by atoms with van der Waals surface area (Å²) >= 11 is 0. The number of hydrogen-bond acceptors (Lipinski definition) is 3. The van der Waals surface area contributed by atoms with Crippen molar-refractivity contribution in [1.29, 1.82) is 0 Å². The summed E-state index contributed by atoms with van der Waals surface area (Å²) in [5.74, 6) is 0.101. The van der Waals surface area contributed by atoms with Gasteiger partial charge in [0.1, 0.15) is 0 Å². The molecule has 4 nitrogen and oxygen atoms in total. The van der Waals surface area contributed by atoms with Crippen molar-refractivity contribution in [2.75, 3.05) is 0 Å². The minimum Gasteiger partial charge on any atom is -0.393 e. The summed E-state index contributed by atoms with van der Waals surface area (Å²) < 4.78 is 0. The van der Waals surface area contributed by atoms with Crippen LogP contribution in [0.3, 0.4) is 0 Å². The van der Waals surface area contributed by atoms with Gasteiger partial charge >= 0.3 is 0 Å². The standard InChI is InChI=1S/C19H22N2O2/c1-11-3-6-16-17(8-12(2)20-18(16)7-11)19(23)21-13-4-5-14(21)10-15(22)9-13/h3,6-8,13-15,22H,4-5,9-10H2,1-2H3/t13-,14+,15?. The molecule has 2 bridgehead atoms. The number of aromatic nitrogens is 1. The molecule has 2 aromatic rings. The Labute approximate surface area is 136 Å². The number of benzene rings is 1. The van der Waals surface area contributed by atoms with E-state index in [4.69, 9.17) is 0 Å². The van der Waals surface area contributed by atoms with E-state index in [1.165, 1.54) is 0 Å². The average Bonchev–Trinajstić information content (AvgIpc) is 2.77. The number of piperidine rings is 1. The number of rotatable bonds is 1. The minimum atomic E-state index is -0.255. The fourth-order valence-corrected chi connectivity index (χ4v) is 4.27. The lowest BCUT2D eigenvalue weighted by atomic mass is 9.97. The van der Waals surface area contributed by atoms with E-state index < -0.39 is 0 Å². The van der Waals surface area contributed by atoms with E-state index >= 15 is 0 Å². The molecular weight excluding hydrogens is 288 g/mol. The molecule has 2 saturated heterocycles. The number of aliphatic hydroxyl groups excluding tert-OH is 1. The third kappa shape index (κ3) is 2.41. The van der Waals surface area contributed by atoms with Gasteiger partial charge in [0, 0.05) is 23.2 Å². The first-order valence-corrected chi connectivity index (χ1v) is 8.41. The Hall–Kier alpha value is -1.94. The Kier molecular flexibility index (Phi) is 3.38. The Balaban J connectivity index is 1.79. The van der Waals surface area contributed by atoms with Crippen LogP contribution < -0.4 is 0 Å². The summed E-state index contributed by atoms with van der Waals surface area (Å²) in [6.45, 7) is 3.98. The molecule has 4 heteroatoms. The van der Waals surface area contributed by atoms with E-state index in [1.807, 2.05) is 43.0 Å². The molecule has 1 aromatic heterocycles. The van der Waals surface area contributed by atoms with Crippen molar-refractivity contribution < 1.29 is 9.90 Å². The molecule has 3 atom stereocenters. The Morgan fingerprint density at radius 1 is 1.17 bits per heavy atom. The molecule has 2 aliphatic heterocycles. The predicted molar refractivity (Wildman–Crippen MR) is 89.4 cm³/mol. The highest BCUT2D eigenvalue weighted by molar-refractivity contribution is 6.06. The highest BCUT2D eigenvalue weighted by Gasteiger charge is 2.43. The quantitative estimate of drug-likeness (QED) is 0.881. The second-order valence-corrected chi connectivity index (χ2v) is 7.05. The maximum atomic E-state index is 13.2. The van der Waals surface area contributed by atoms with Gasteiger partial charge in [-0.15, -0.1) is 0 Å². The molecule has 1 aromatic carbocycles. The predicted octanol–water partition coefficient (Wildman–Crippen LogP) is 2.98. The second kappa shape index (κ2) is 5.31. The Morgan fingerprint density at radius 2 is 1.87 bits per heavy atom. The van der Waals surface area contributed by atoms with Crippen molar-refractivity contribution in [1.82, 2.24) is 9.88 Å². The molecule has 23 heavy (non-hydrogen) atoms. The van der Waals surface area contributed by atoms with Crippen molar-refractivity contribution >= 4 is 16.8 Å². The van der Waals surface area contributed by atoms with E-state index in [2.05, 4.69) is 4.98 Å². The van der Waals surface area contributed by atoms with Crippen molar-refractivity contribution in [3.8, 4) is 0 Å². The van der Waals surface area contributed by atoms with Gasteiger partial charge in [0.15, 0.2) is 0 Å². The van der Waals surface area contributed by atoms with Crippen LogP contribution >= 0.6 is 0 Å². The number of carbonyl (C=O) groups excluding carboxylic acids is 1. The second-order valence-electron chi connectivity index (χ2n) is 7.05. The van der Waals surface area contributed by atoms with Crippen LogP contribution in [0, 0.1) is 13.8 Å². The maximum absolute atomic E-state index is 13.2. The van der Waals surface area contributed by atoms with Crippen molar-refractivity contribution in [3.63, 3.8) is 0 Å². The number of aryl methyl sites for hydroxylation is 2. The van der Waals surface area contributed by atoms with E-state index in [-0.39, 0.29) is 24.1 Å². The number of fused-ring (bicyclic) bond motifs is 3. The zero-order chi connectivity index (χ0) is 16.1. The van der Waals surface area contributed by atoms with Gasteiger partial charge in [0.25, 0.3) is 5.91 Å². The van der Waals surface area contributed by atoms with E-state index in [0.717, 1.165) is 40.6 Å². The van der Waals surface area contributed by atoms with Gasteiger partial charge in [-0.2, -0.15) is 0 Å². The monoisotopic (exact) mass is 310 g/mol. The molecule has 1 amide bonds. The lowest BCUT2D eigenvalue weighted by Gasteiger charge is -2.37. The number of pyridine rings is 1. The third-order valence-electron chi connectivity index (χ3n) is 5.27. The molecule has 3 heterocycles. The first-order valence-electron chi connectivity index (χ1n) is 8.41. The van der Waals surface area contributed by atoms with Crippen LogP contribution in [0.25, 0.3) is 10.9 Å². The lowest BCUT2D eigenvalue weighted by molar-refractivity contribution is 0.0288. The van der Waals surface area contributed by atoms with Gasteiger partial charge in [-0.25, -0.2) is 0 Å². The Morgan fingerprint density at radius 3 is 2.57 bits per heavy atom.